The fraction of sp³-hybridized carbons (Fsp3) is 0.179. The number of anilines is 1. The Morgan fingerprint density at radius 2 is 1.71 bits per heavy atom. The Kier molecular flexibility index (Phi) is 5.82. The highest BCUT2D eigenvalue weighted by molar-refractivity contribution is 6.05. The first-order valence-electron chi connectivity index (χ1n) is 11.4. The number of hydrogen-bond acceptors (Lipinski definition) is 4. The van der Waals surface area contributed by atoms with Crippen LogP contribution in [-0.2, 0) is 17.7 Å². The van der Waals surface area contributed by atoms with Crippen molar-refractivity contribution >= 4 is 34.4 Å². The molecule has 176 valence electrons. The number of H-pyrrole nitrogens is 1. The van der Waals surface area contributed by atoms with E-state index >= 15 is 0 Å². The van der Waals surface area contributed by atoms with Crippen LogP contribution in [0.2, 0.25) is 0 Å². The van der Waals surface area contributed by atoms with Crippen LogP contribution in [0, 0.1) is 6.92 Å². The molecule has 0 unspecified atom stereocenters. The molecule has 7 heteroatoms. The number of ether oxygens (including phenoxy) is 1. The first kappa shape index (κ1) is 22.4. The number of hydrogen-bond donors (Lipinski definition) is 2. The molecule has 1 aromatic heterocycles. The van der Waals surface area contributed by atoms with Crippen molar-refractivity contribution in [1.82, 2.24) is 9.88 Å². The van der Waals surface area contributed by atoms with Crippen molar-refractivity contribution < 1.29 is 19.1 Å². The molecular weight excluding hydrogens is 442 g/mol. The van der Waals surface area contributed by atoms with E-state index in [2.05, 4.69) is 10.3 Å². The fourth-order valence-electron chi connectivity index (χ4n) is 4.49. The Hall–Kier alpha value is -4.39. The second-order valence-corrected chi connectivity index (χ2v) is 8.66. The number of nitrogens with one attached hydrogen (secondary N) is 2. The van der Waals surface area contributed by atoms with Crippen molar-refractivity contribution in [2.45, 2.75) is 19.9 Å². The summed E-state index contributed by atoms with van der Waals surface area (Å²) in [5, 5.41) is 3.84. The van der Waals surface area contributed by atoms with Crippen molar-refractivity contribution in [2.75, 3.05) is 19.0 Å². The van der Waals surface area contributed by atoms with Gasteiger partial charge in [-0.2, -0.15) is 0 Å². The molecule has 0 spiro atoms. The smallest absolute Gasteiger partial charge is 0.337 e. The molecule has 35 heavy (non-hydrogen) atoms. The van der Waals surface area contributed by atoms with Gasteiger partial charge in [-0.05, 0) is 55.0 Å². The van der Waals surface area contributed by atoms with Gasteiger partial charge in [-0.15, -0.1) is 0 Å². The van der Waals surface area contributed by atoms with Crippen LogP contribution in [-0.4, -0.2) is 41.3 Å². The molecule has 2 N–H and O–H groups in total. The minimum atomic E-state index is -0.393. The second-order valence-electron chi connectivity index (χ2n) is 8.66. The van der Waals surface area contributed by atoms with E-state index < -0.39 is 5.97 Å². The molecule has 3 aromatic carbocycles. The van der Waals surface area contributed by atoms with Crippen LogP contribution in [0.5, 0.6) is 0 Å². The van der Waals surface area contributed by atoms with Crippen LogP contribution in [0.3, 0.4) is 0 Å². The third-order valence-corrected chi connectivity index (χ3v) is 6.45. The number of aryl methyl sites for hydroxylation is 1. The zero-order valence-corrected chi connectivity index (χ0v) is 19.6. The van der Waals surface area contributed by atoms with Gasteiger partial charge in [0.05, 0.1) is 12.7 Å². The van der Waals surface area contributed by atoms with Gasteiger partial charge in [-0.1, -0.05) is 24.3 Å². The molecule has 0 fully saturated rings. The zero-order chi connectivity index (χ0) is 24.5. The van der Waals surface area contributed by atoms with Gasteiger partial charge in [-0.3, -0.25) is 9.59 Å². The highest BCUT2D eigenvalue weighted by Crippen LogP contribution is 2.30. The Labute approximate surface area is 202 Å². The van der Waals surface area contributed by atoms with E-state index in [-0.39, 0.29) is 11.8 Å². The lowest BCUT2D eigenvalue weighted by molar-refractivity contribution is 0.0600. The fourth-order valence-corrected chi connectivity index (χ4v) is 4.49. The largest absolute Gasteiger partial charge is 0.465 e. The topological polar surface area (TPSA) is 91.5 Å². The van der Waals surface area contributed by atoms with E-state index in [0.717, 1.165) is 27.7 Å². The summed E-state index contributed by atoms with van der Waals surface area (Å²) in [5.74, 6) is -0.722. The number of esters is 1. The van der Waals surface area contributed by atoms with Crippen molar-refractivity contribution in [1.29, 1.82) is 0 Å². The summed E-state index contributed by atoms with van der Waals surface area (Å²) in [6.45, 7) is 2.90. The van der Waals surface area contributed by atoms with Gasteiger partial charge in [0.2, 0.25) is 0 Å². The predicted molar refractivity (Wildman–Crippen MR) is 134 cm³/mol. The summed E-state index contributed by atoms with van der Waals surface area (Å²) < 4.78 is 4.86. The van der Waals surface area contributed by atoms with Gasteiger partial charge >= 0.3 is 5.97 Å². The maximum Gasteiger partial charge on any atom is 0.337 e. The van der Waals surface area contributed by atoms with Crippen LogP contribution in [0.4, 0.5) is 5.69 Å². The Bertz CT molecular complexity index is 1460. The molecular formula is C28H25N3O4. The molecule has 4 aromatic rings. The normalized spacial score (nSPS) is 12.8. The average molecular weight is 468 g/mol. The highest BCUT2D eigenvalue weighted by Gasteiger charge is 2.26. The molecule has 2 heterocycles. The van der Waals surface area contributed by atoms with E-state index in [0.29, 0.717) is 41.9 Å². The number of methoxy groups -OCH3 is 1. The van der Waals surface area contributed by atoms with Crippen molar-refractivity contribution in [3.8, 4) is 0 Å². The van der Waals surface area contributed by atoms with E-state index in [1.54, 1.807) is 35.2 Å². The summed E-state index contributed by atoms with van der Waals surface area (Å²) in [6.07, 6.45) is 0.687. The number of amides is 2. The van der Waals surface area contributed by atoms with E-state index in [1.807, 2.05) is 43.3 Å². The van der Waals surface area contributed by atoms with Gasteiger partial charge in [0, 0.05) is 58.5 Å². The van der Waals surface area contributed by atoms with Crippen LogP contribution in [0.15, 0.2) is 66.7 Å². The van der Waals surface area contributed by atoms with Crippen LogP contribution < -0.4 is 5.32 Å². The Balaban J connectivity index is 1.39. The number of benzene rings is 3. The molecule has 2 amide bonds. The van der Waals surface area contributed by atoms with Crippen LogP contribution in [0.1, 0.15) is 47.9 Å². The van der Waals surface area contributed by atoms with Gasteiger partial charge < -0.3 is 19.9 Å². The quantitative estimate of drug-likeness (QED) is 0.425. The molecule has 0 aliphatic carbocycles. The van der Waals surface area contributed by atoms with Gasteiger partial charge in [-0.25, -0.2) is 4.79 Å². The molecule has 0 saturated heterocycles. The number of rotatable bonds is 4. The summed E-state index contributed by atoms with van der Waals surface area (Å²) in [7, 11) is 1.36. The molecule has 0 saturated carbocycles. The lowest BCUT2D eigenvalue weighted by Crippen LogP contribution is -2.35. The monoisotopic (exact) mass is 467 g/mol. The molecule has 0 radical (unpaired) electrons. The summed E-state index contributed by atoms with van der Waals surface area (Å²) in [6, 6.07) is 19.8. The Morgan fingerprint density at radius 3 is 2.49 bits per heavy atom. The number of aromatic nitrogens is 1. The lowest BCUT2D eigenvalue weighted by Gasteiger charge is -2.27. The van der Waals surface area contributed by atoms with Gasteiger partial charge in [0.15, 0.2) is 0 Å². The van der Waals surface area contributed by atoms with E-state index in [9.17, 15) is 14.4 Å². The van der Waals surface area contributed by atoms with Crippen molar-refractivity contribution in [2.24, 2.45) is 0 Å². The SMILES string of the molecule is COC(=O)c1ccc2[nH]c3c(c2c1)CN(C(=O)c1ccc(C)c(NC(=O)c2ccccc2)c1)CC3. The molecule has 1 aliphatic rings. The summed E-state index contributed by atoms with van der Waals surface area (Å²) >= 11 is 0. The average Bonchev–Trinajstić information content (AvgIpc) is 3.26. The summed E-state index contributed by atoms with van der Waals surface area (Å²) in [5.41, 5.74) is 6.04. The first-order chi connectivity index (χ1) is 16.9. The van der Waals surface area contributed by atoms with Gasteiger partial charge in [0.1, 0.15) is 0 Å². The van der Waals surface area contributed by atoms with Crippen molar-refractivity contribution in [3.63, 3.8) is 0 Å². The van der Waals surface area contributed by atoms with E-state index in [1.165, 1.54) is 7.11 Å². The maximum atomic E-state index is 13.4. The predicted octanol–water partition coefficient (Wildman–Crippen LogP) is 4.71. The third kappa shape index (κ3) is 4.28. The van der Waals surface area contributed by atoms with E-state index in [4.69, 9.17) is 4.74 Å². The molecule has 0 atom stereocenters. The number of carbonyl (C=O) groups excluding carboxylic acids is 3. The molecule has 0 bridgehead atoms. The minimum Gasteiger partial charge on any atom is -0.465 e. The van der Waals surface area contributed by atoms with Gasteiger partial charge in [0.25, 0.3) is 11.8 Å². The second kappa shape index (κ2) is 9.10. The molecule has 1 aliphatic heterocycles. The number of aromatic amines is 1. The molecule has 5 rings (SSSR count). The highest BCUT2D eigenvalue weighted by atomic mass is 16.5. The summed E-state index contributed by atoms with van der Waals surface area (Å²) in [4.78, 5) is 43.3. The standard InChI is InChI=1S/C28H25N3O4/c1-17-8-9-19(15-25(17)30-26(32)18-6-4-3-5-7-18)27(33)31-13-12-24-22(16-31)21-14-20(28(34)35-2)10-11-23(21)29-24/h3-11,14-15,29H,12-13,16H2,1-2H3,(H,30,32). The number of nitrogens with zero attached hydrogens (tertiary/aromatic N) is 1. The minimum absolute atomic E-state index is 0.107. The molecule has 7 nitrogen and oxygen atoms in total. The van der Waals surface area contributed by atoms with Crippen LogP contribution in [0.25, 0.3) is 10.9 Å². The lowest BCUT2D eigenvalue weighted by atomic mass is 10.0. The third-order valence-electron chi connectivity index (χ3n) is 6.45. The number of fused-ring (bicyclic) bond motifs is 3. The maximum absolute atomic E-state index is 13.4. The first-order valence-corrected chi connectivity index (χ1v) is 11.4. The Morgan fingerprint density at radius 1 is 0.943 bits per heavy atom. The number of carbonyl (C=O) groups is 3. The van der Waals surface area contributed by atoms with Crippen LogP contribution >= 0.6 is 0 Å². The van der Waals surface area contributed by atoms with Crippen molar-refractivity contribution in [3.05, 3.63) is 100 Å². The zero-order valence-electron chi connectivity index (χ0n) is 19.6.